The van der Waals surface area contributed by atoms with Crippen molar-refractivity contribution in [2.75, 3.05) is 5.73 Å². The van der Waals surface area contributed by atoms with Crippen LogP contribution >= 0.6 is 22.9 Å². The zero-order chi connectivity index (χ0) is 22.1. The molecule has 0 aliphatic carbocycles. The molecule has 0 spiro atoms. The number of nitrogens with zero attached hydrogens (tertiary/aromatic N) is 4. The average molecular weight is 461 g/mol. The van der Waals surface area contributed by atoms with Gasteiger partial charge in [-0.15, -0.1) is 11.3 Å². The quantitative estimate of drug-likeness (QED) is 0.371. The predicted octanol–water partition coefficient (Wildman–Crippen LogP) is 4.69. The van der Waals surface area contributed by atoms with E-state index < -0.39 is 0 Å². The molecule has 158 valence electrons. The van der Waals surface area contributed by atoms with Crippen molar-refractivity contribution in [1.29, 1.82) is 0 Å². The molecule has 3 aromatic heterocycles. The second kappa shape index (κ2) is 8.41. The van der Waals surface area contributed by atoms with Gasteiger partial charge < -0.3 is 11.1 Å². The molecule has 0 saturated carbocycles. The highest BCUT2D eigenvalue weighted by atomic mass is 35.5. The average Bonchev–Trinajstić information content (AvgIpc) is 3.41. The number of hydrogen-bond donors (Lipinski definition) is 2. The lowest BCUT2D eigenvalue weighted by Crippen LogP contribution is -2.23. The first-order valence-corrected chi connectivity index (χ1v) is 11.0. The van der Waals surface area contributed by atoms with Gasteiger partial charge in [-0.1, -0.05) is 41.9 Å². The molecule has 2 aromatic carbocycles. The minimum absolute atomic E-state index is 0.171. The second-order valence-electron chi connectivity index (χ2n) is 7.01. The number of carbonyl (C=O) groups excluding carboxylic acids is 1. The van der Waals surface area contributed by atoms with E-state index in [0.717, 1.165) is 10.4 Å². The van der Waals surface area contributed by atoms with Crippen LogP contribution < -0.4 is 11.1 Å². The standard InChI is InChI=1S/C23H17ClN6OS/c24-15-9-7-14(8-10-15)12-27-30-21(25)19(23(31)26-13-16-4-3-11-32-16)20-22(30)29-18-6-2-1-5-17(18)28-20/h1-12H,13,25H2,(H,26,31)/b27-12-. The normalized spacial score (nSPS) is 11.5. The Morgan fingerprint density at radius 2 is 1.84 bits per heavy atom. The summed E-state index contributed by atoms with van der Waals surface area (Å²) < 4.78 is 1.45. The summed E-state index contributed by atoms with van der Waals surface area (Å²) in [6, 6.07) is 18.6. The highest BCUT2D eigenvalue weighted by molar-refractivity contribution is 7.09. The summed E-state index contributed by atoms with van der Waals surface area (Å²) in [6.45, 7) is 0.400. The number of nitrogens with two attached hydrogens (primary N) is 1. The zero-order valence-electron chi connectivity index (χ0n) is 16.7. The van der Waals surface area contributed by atoms with Gasteiger partial charge in [0.15, 0.2) is 5.65 Å². The Balaban J connectivity index is 1.61. The third-order valence-electron chi connectivity index (χ3n) is 4.90. The number of thiophene rings is 1. The molecule has 7 nitrogen and oxygen atoms in total. The van der Waals surface area contributed by atoms with Gasteiger partial charge in [-0.05, 0) is 41.3 Å². The van der Waals surface area contributed by atoms with Crippen LogP contribution in [0.5, 0.6) is 0 Å². The van der Waals surface area contributed by atoms with Gasteiger partial charge in [0, 0.05) is 9.90 Å². The second-order valence-corrected chi connectivity index (χ2v) is 8.48. The fourth-order valence-electron chi connectivity index (χ4n) is 3.33. The van der Waals surface area contributed by atoms with Crippen LogP contribution in [-0.2, 0) is 6.54 Å². The van der Waals surface area contributed by atoms with E-state index in [1.165, 1.54) is 4.68 Å². The van der Waals surface area contributed by atoms with Gasteiger partial charge in [0.25, 0.3) is 5.91 Å². The number of nitrogen functional groups attached to an aromatic ring is 1. The highest BCUT2D eigenvalue weighted by Crippen LogP contribution is 2.28. The molecule has 0 radical (unpaired) electrons. The van der Waals surface area contributed by atoms with Crippen LogP contribution in [0.4, 0.5) is 5.82 Å². The van der Waals surface area contributed by atoms with Gasteiger partial charge in [0.1, 0.15) is 16.9 Å². The fraction of sp³-hybridized carbons (Fsp3) is 0.0435. The Bertz CT molecular complexity index is 1460. The number of carbonyl (C=O) groups is 1. The fourth-order valence-corrected chi connectivity index (χ4v) is 4.10. The monoisotopic (exact) mass is 460 g/mol. The summed E-state index contributed by atoms with van der Waals surface area (Å²) in [5.74, 6) is -0.157. The Morgan fingerprint density at radius 1 is 1.09 bits per heavy atom. The minimum Gasteiger partial charge on any atom is -0.383 e. The molecule has 0 bridgehead atoms. The van der Waals surface area contributed by atoms with E-state index in [-0.39, 0.29) is 17.3 Å². The molecule has 5 aromatic rings. The van der Waals surface area contributed by atoms with E-state index in [1.807, 2.05) is 53.9 Å². The van der Waals surface area contributed by atoms with Gasteiger partial charge in [-0.2, -0.15) is 9.78 Å². The molecule has 0 aliphatic rings. The summed E-state index contributed by atoms with van der Waals surface area (Å²) in [5.41, 5.74) is 9.66. The summed E-state index contributed by atoms with van der Waals surface area (Å²) in [4.78, 5) is 23.5. The number of rotatable bonds is 5. The Labute approximate surface area is 192 Å². The molecule has 5 rings (SSSR count). The number of nitrogens with one attached hydrogen (secondary N) is 1. The smallest absolute Gasteiger partial charge is 0.257 e. The maximum Gasteiger partial charge on any atom is 0.257 e. The third kappa shape index (κ3) is 3.81. The lowest BCUT2D eigenvalue weighted by molar-refractivity contribution is 0.0953. The van der Waals surface area contributed by atoms with E-state index in [2.05, 4.69) is 20.4 Å². The lowest BCUT2D eigenvalue weighted by Gasteiger charge is -2.04. The van der Waals surface area contributed by atoms with E-state index in [0.29, 0.717) is 33.8 Å². The van der Waals surface area contributed by atoms with Crippen molar-refractivity contribution in [1.82, 2.24) is 20.0 Å². The molecule has 1 amide bonds. The highest BCUT2D eigenvalue weighted by Gasteiger charge is 2.24. The van der Waals surface area contributed by atoms with Crippen molar-refractivity contribution in [2.24, 2.45) is 5.10 Å². The molecule has 0 saturated heterocycles. The van der Waals surface area contributed by atoms with Crippen LogP contribution in [-0.4, -0.2) is 26.8 Å². The van der Waals surface area contributed by atoms with Gasteiger partial charge in [-0.25, -0.2) is 9.97 Å². The Kier molecular flexibility index (Phi) is 5.30. The van der Waals surface area contributed by atoms with Crippen LogP contribution in [0.2, 0.25) is 5.02 Å². The van der Waals surface area contributed by atoms with Crippen LogP contribution in [0.3, 0.4) is 0 Å². The molecule has 0 atom stereocenters. The number of fused-ring (bicyclic) bond motifs is 2. The first-order chi connectivity index (χ1) is 15.6. The largest absolute Gasteiger partial charge is 0.383 e. The minimum atomic E-state index is -0.328. The first kappa shape index (κ1) is 20.2. The summed E-state index contributed by atoms with van der Waals surface area (Å²) in [7, 11) is 0. The molecule has 9 heteroatoms. The van der Waals surface area contributed by atoms with Gasteiger partial charge >= 0.3 is 0 Å². The number of amides is 1. The molecular weight excluding hydrogens is 444 g/mol. The number of anilines is 1. The molecule has 3 N–H and O–H groups in total. The van der Waals surface area contributed by atoms with E-state index in [9.17, 15) is 4.79 Å². The molecule has 3 heterocycles. The molecular formula is C23H17ClN6OS. The summed E-state index contributed by atoms with van der Waals surface area (Å²) in [5, 5.41) is 10.0. The van der Waals surface area contributed by atoms with Crippen LogP contribution in [0.1, 0.15) is 20.8 Å². The van der Waals surface area contributed by atoms with E-state index >= 15 is 0 Å². The predicted molar refractivity (Wildman–Crippen MR) is 129 cm³/mol. The SMILES string of the molecule is Nc1c(C(=O)NCc2cccs2)c2nc3ccccc3nc2n1/N=C\c1ccc(Cl)cc1. The third-order valence-corrected chi connectivity index (χ3v) is 6.02. The van der Waals surface area contributed by atoms with E-state index in [4.69, 9.17) is 17.3 Å². The molecule has 0 aliphatic heterocycles. The van der Waals surface area contributed by atoms with Crippen molar-refractivity contribution in [3.63, 3.8) is 0 Å². The van der Waals surface area contributed by atoms with Crippen molar-refractivity contribution in [3.05, 3.63) is 87.1 Å². The zero-order valence-corrected chi connectivity index (χ0v) is 18.3. The van der Waals surface area contributed by atoms with Crippen molar-refractivity contribution in [3.8, 4) is 0 Å². The topological polar surface area (TPSA) is 98.2 Å². The summed E-state index contributed by atoms with van der Waals surface area (Å²) in [6.07, 6.45) is 1.64. The Hall–Kier alpha value is -3.75. The molecule has 32 heavy (non-hydrogen) atoms. The van der Waals surface area contributed by atoms with Crippen LogP contribution in [0, 0.1) is 0 Å². The Morgan fingerprint density at radius 3 is 2.56 bits per heavy atom. The van der Waals surface area contributed by atoms with Crippen molar-refractivity contribution >= 4 is 63.1 Å². The number of halogens is 1. The number of para-hydroxylation sites is 2. The van der Waals surface area contributed by atoms with Crippen LogP contribution in [0.25, 0.3) is 22.2 Å². The lowest BCUT2D eigenvalue weighted by atomic mass is 10.2. The summed E-state index contributed by atoms with van der Waals surface area (Å²) >= 11 is 7.53. The van der Waals surface area contributed by atoms with Crippen molar-refractivity contribution < 1.29 is 4.79 Å². The van der Waals surface area contributed by atoms with Gasteiger partial charge in [-0.3, -0.25) is 4.79 Å². The molecule has 0 unspecified atom stereocenters. The number of benzene rings is 2. The van der Waals surface area contributed by atoms with Gasteiger partial charge in [0.05, 0.1) is 23.8 Å². The maximum atomic E-state index is 13.1. The van der Waals surface area contributed by atoms with E-state index in [1.54, 1.807) is 29.7 Å². The first-order valence-electron chi connectivity index (χ1n) is 9.77. The van der Waals surface area contributed by atoms with Crippen molar-refractivity contribution in [2.45, 2.75) is 6.54 Å². The number of hydrogen-bond acceptors (Lipinski definition) is 6. The maximum absolute atomic E-state index is 13.1. The van der Waals surface area contributed by atoms with Crippen LogP contribution in [0.15, 0.2) is 71.1 Å². The molecule has 0 fully saturated rings. The van der Waals surface area contributed by atoms with Gasteiger partial charge in [0.2, 0.25) is 0 Å². The number of aromatic nitrogens is 3.